The Morgan fingerprint density at radius 1 is 1.29 bits per heavy atom. The summed E-state index contributed by atoms with van der Waals surface area (Å²) in [5.74, 6) is 0.974. The number of hydrogen-bond acceptors (Lipinski definition) is 3. The van der Waals surface area contributed by atoms with Crippen molar-refractivity contribution < 1.29 is 9.47 Å². The van der Waals surface area contributed by atoms with Gasteiger partial charge in [0.25, 0.3) is 0 Å². The van der Waals surface area contributed by atoms with Crippen molar-refractivity contribution in [3.63, 3.8) is 0 Å². The molecule has 76 valence electrons. The van der Waals surface area contributed by atoms with Crippen LogP contribution < -0.4 is 4.74 Å². The van der Waals surface area contributed by atoms with E-state index < -0.39 is 0 Å². The van der Waals surface area contributed by atoms with Crippen LogP contribution in [0.3, 0.4) is 0 Å². The Morgan fingerprint density at radius 3 is 2.36 bits per heavy atom. The average Bonchev–Trinajstić information content (AvgIpc) is 2.16. The summed E-state index contributed by atoms with van der Waals surface area (Å²) in [6.45, 7) is 4.15. The van der Waals surface area contributed by atoms with Crippen LogP contribution in [0.1, 0.15) is 11.1 Å². The molecule has 0 aromatic heterocycles. The number of rotatable bonds is 3. The normalized spacial score (nSPS) is 9.64. The molecule has 0 spiro atoms. The quantitative estimate of drug-likeness (QED) is 0.591. The van der Waals surface area contributed by atoms with Gasteiger partial charge in [-0.15, -0.1) is 0 Å². The van der Waals surface area contributed by atoms with Gasteiger partial charge in [-0.25, -0.2) is 0 Å². The second kappa shape index (κ2) is 4.65. The topological polar surface area (TPSA) is 42.3 Å². The maximum Gasteiger partial charge on any atom is 0.219 e. The Kier molecular flexibility index (Phi) is 3.51. The van der Waals surface area contributed by atoms with Crippen molar-refractivity contribution in [2.75, 3.05) is 13.7 Å². The minimum Gasteiger partial charge on any atom is -0.483 e. The zero-order chi connectivity index (χ0) is 10.6. The Labute approximate surface area is 84.2 Å². The van der Waals surface area contributed by atoms with Crippen molar-refractivity contribution in [3.05, 3.63) is 29.3 Å². The van der Waals surface area contributed by atoms with Crippen LogP contribution >= 0.6 is 0 Å². The van der Waals surface area contributed by atoms with Crippen molar-refractivity contribution in [2.24, 2.45) is 0 Å². The fraction of sp³-hybridized carbons (Fsp3) is 0.364. The van der Waals surface area contributed by atoms with Crippen LogP contribution in [0.25, 0.3) is 0 Å². The SMILES string of the molecule is COC(=N)COc1c(C)cccc1C. The first-order valence-corrected chi connectivity index (χ1v) is 4.45. The first kappa shape index (κ1) is 10.6. The zero-order valence-corrected chi connectivity index (χ0v) is 8.76. The van der Waals surface area contributed by atoms with E-state index in [-0.39, 0.29) is 12.5 Å². The Hall–Kier alpha value is -1.51. The lowest BCUT2D eigenvalue weighted by molar-refractivity contribution is 0.307. The molecule has 3 nitrogen and oxygen atoms in total. The average molecular weight is 193 g/mol. The van der Waals surface area contributed by atoms with Crippen molar-refractivity contribution in [3.8, 4) is 5.75 Å². The molecule has 0 bridgehead atoms. The van der Waals surface area contributed by atoms with E-state index in [1.54, 1.807) is 0 Å². The van der Waals surface area contributed by atoms with E-state index in [4.69, 9.17) is 14.9 Å². The maximum atomic E-state index is 7.28. The second-order valence-electron chi connectivity index (χ2n) is 3.14. The number of methoxy groups -OCH3 is 1. The van der Waals surface area contributed by atoms with Crippen molar-refractivity contribution >= 4 is 5.90 Å². The number of nitrogens with one attached hydrogen (secondary N) is 1. The number of aryl methyl sites for hydroxylation is 2. The monoisotopic (exact) mass is 193 g/mol. The van der Waals surface area contributed by atoms with Crippen LogP contribution in [0.4, 0.5) is 0 Å². The minimum atomic E-state index is 0.132. The molecule has 0 aliphatic rings. The van der Waals surface area contributed by atoms with Crippen molar-refractivity contribution in [1.29, 1.82) is 5.41 Å². The van der Waals surface area contributed by atoms with Crippen molar-refractivity contribution in [1.82, 2.24) is 0 Å². The van der Waals surface area contributed by atoms with E-state index in [2.05, 4.69) is 0 Å². The smallest absolute Gasteiger partial charge is 0.219 e. The van der Waals surface area contributed by atoms with Gasteiger partial charge >= 0.3 is 0 Å². The van der Waals surface area contributed by atoms with Gasteiger partial charge < -0.3 is 9.47 Å². The van der Waals surface area contributed by atoms with Gasteiger partial charge in [-0.1, -0.05) is 18.2 Å². The molecule has 0 radical (unpaired) electrons. The Morgan fingerprint density at radius 2 is 1.86 bits per heavy atom. The van der Waals surface area contributed by atoms with Crippen LogP contribution in [0.2, 0.25) is 0 Å². The van der Waals surface area contributed by atoms with Crippen LogP contribution in [-0.4, -0.2) is 19.6 Å². The summed E-state index contributed by atoms with van der Waals surface area (Å²) in [4.78, 5) is 0. The largest absolute Gasteiger partial charge is 0.483 e. The van der Waals surface area contributed by atoms with Gasteiger partial charge in [-0.05, 0) is 25.0 Å². The summed E-state index contributed by atoms with van der Waals surface area (Å²) in [7, 11) is 1.47. The molecule has 0 aliphatic heterocycles. The highest BCUT2D eigenvalue weighted by molar-refractivity contribution is 5.74. The molecule has 0 saturated heterocycles. The van der Waals surface area contributed by atoms with Gasteiger partial charge in [0, 0.05) is 0 Å². The molecule has 14 heavy (non-hydrogen) atoms. The first-order chi connectivity index (χ1) is 6.65. The minimum absolute atomic E-state index is 0.132. The van der Waals surface area contributed by atoms with Gasteiger partial charge in [0.2, 0.25) is 5.90 Å². The number of hydrogen-bond donors (Lipinski definition) is 1. The highest BCUT2D eigenvalue weighted by Gasteiger charge is 2.04. The molecule has 0 heterocycles. The maximum absolute atomic E-state index is 7.28. The predicted octanol–water partition coefficient (Wildman–Crippen LogP) is 2.31. The molecular formula is C11H15NO2. The van der Waals surface area contributed by atoms with Gasteiger partial charge in [-0.3, -0.25) is 5.41 Å². The summed E-state index contributed by atoms with van der Waals surface area (Å²) < 4.78 is 10.2. The molecule has 0 aliphatic carbocycles. The number of benzene rings is 1. The molecule has 0 saturated carbocycles. The molecule has 1 aromatic rings. The molecule has 1 aromatic carbocycles. The van der Waals surface area contributed by atoms with Gasteiger partial charge in [0.1, 0.15) is 5.75 Å². The van der Waals surface area contributed by atoms with Gasteiger partial charge in [-0.2, -0.15) is 0 Å². The molecule has 1 N–H and O–H groups in total. The van der Waals surface area contributed by atoms with Crippen LogP contribution in [0, 0.1) is 19.3 Å². The molecule has 0 unspecified atom stereocenters. The lowest BCUT2D eigenvalue weighted by atomic mass is 10.1. The third-order valence-electron chi connectivity index (χ3n) is 2.00. The fourth-order valence-electron chi connectivity index (χ4n) is 1.22. The van der Waals surface area contributed by atoms with Gasteiger partial charge in [0.15, 0.2) is 6.61 Å². The van der Waals surface area contributed by atoms with E-state index in [0.29, 0.717) is 0 Å². The van der Waals surface area contributed by atoms with Crippen LogP contribution in [0.5, 0.6) is 5.75 Å². The molecule has 3 heteroatoms. The lowest BCUT2D eigenvalue weighted by Crippen LogP contribution is -2.12. The van der Waals surface area contributed by atoms with E-state index in [0.717, 1.165) is 16.9 Å². The summed E-state index contributed by atoms with van der Waals surface area (Å²) >= 11 is 0. The van der Waals surface area contributed by atoms with E-state index in [1.165, 1.54) is 7.11 Å². The van der Waals surface area contributed by atoms with E-state index >= 15 is 0 Å². The first-order valence-electron chi connectivity index (χ1n) is 4.45. The predicted molar refractivity (Wildman–Crippen MR) is 56.1 cm³/mol. The molecule has 0 amide bonds. The second-order valence-corrected chi connectivity index (χ2v) is 3.14. The standard InChI is InChI=1S/C11H15NO2/c1-8-5-4-6-9(2)11(8)14-7-10(12)13-3/h4-6,12H,7H2,1-3H3. The molecule has 1 rings (SSSR count). The number of para-hydroxylation sites is 1. The third-order valence-corrected chi connectivity index (χ3v) is 2.00. The Bertz CT molecular complexity index is 314. The van der Waals surface area contributed by atoms with E-state index in [1.807, 2.05) is 32.0 Å². The highest BCUT2D eigenvalue weighted by Crippen LogP contribution is 2.21. The van der Waals surface area contributed by atoms with E-state index in [9.17, 15) is 0 Å². The van der Waals surface area contributed by atoms with Crippen LogP contribution in [-0.2, 0) is 4.74 Å². The third kappa shape index (κ3) is 2.49. The van der Waals surface area contributed by atoms with Gasteiger partial charge in [0.05, 0.1) is 7.11 Å². The fourth-order valence-corrected chi connectivity index (χ4v) is 1.22. The molecule has 0 atom stereocenters. The molecule has 0 fully saturated rings. The Balaban J connectivity index is 2.71. The summed E-state index contributed by atoms with van der Waals surface area (Å²) in [6, 6.07) is 5.96. The summed E-state index contributed by atoms with van der Waals surface area (Å²) in [6.07, 6.45) is 0. The van der Waals surface area contributed by atoms with Crippen LogP contribution in [0.15, 0.2) is 18.2 Å². The zero-order valence-electron chi connectivity index (χ0n) is 8.76. The molecular weight excluding hydrogens is 178 g/mol. The lowest BCUT2D eigenvalue weighted by Gasteiger charge is -2.11. The summed E-state index contributed by atoms with van der Waals surface area (Å²) in [5, 5.41) is 7.28. The van der Waals surface area contributed by atoms with Crippen molar-refractivity contribution in [2.45, 2.75) is 13.8 Å². The number of ether oxygens (including phenoxy) is 2. The summed E-state index contributed by atoms with van der Waals surface area (Å²) in [5.41, 5.74) is 2.16. The highest BCUT2D eigenvalue weighted by atomic mass is 16.5.